The topological polar surface area (TPSA) is 75.4 Å². The molecule has 1 amide bonds. The molecule has 1 aliphatic rings. The first kappa shape index (κ1) is 17.0. The summed E-state index contributed by atoms with van der Waals surface area (Å²) in [5.74, 6) is -0.902. The van der Waals surface area contributed by atoms with Gasteiger partial charge in [-0.3, -0.25) is 9.48 Å². The molecule has 0 radical (unpaired) electrons. The van der Waals surface area contributed by atoms with Crippen molar-refractivity contribution in [1.82, 2.24) is 14.7 Å². The van der Waals surface area contributed by atoms with Gasteiger partial charge < -0.3 is 10.0 Å². The Morgan fingerprint density at radius 1 is 1.30 bits per heavy atom. The predicted octanol–water partition coefficient (Wildman–Crippen LogP) is 2.51. The van der Waals surface area contributed by atoms with Crippen molar-refractivity contribution >= 4 is 11.9 Å². The van der Waals surface area contributed by atoms with E-state index in [1.54, 1.807) is 23.0 Å². The van der Waals surface area contributed by atoms with Crippen molar-refractivity contribution < 1.29 is 14.7 Å². The maximum atomic E-state index is 12.5. The smallest absolute Gasteiger partial charge is 0.338 e. The number of piperidine rings is 1. The Morgan fingerprint density at radius 3 is 2.39 bits per heavy atom. The Bertz CT molecular complexity index is 576. The van der Waals surface area contributed by atoms with Crippen LogP contribution in [0.3, 0.4) is 0 Å². The summed E-state index contributed by atoms with van der Waals surface area (Å²) in [4.78, 5) is 25.3. The quantitative estimate of drug-likeness (QED) is 0.784. The van der Waals surface area contributed by atoms with Gasteiger partial charge in [-0.2, -0.15) is 5.10 Å². The molecule has 0 atom stereocenters. The normalized spacial score (nSPS) is 15.6. The molecule has 1 N–H and O–H groups in total. The van der Waals surface area contributed by atoms with Gasteiger partial charge in [-0.1, -0.05) is 12.2 Å². The van der Waals surface area contributed by atoms with Gasteiger partial charge in [0, 0.05) is 25.2 Å². The summed E-state index contributed by atoms with van der Waals surface area (Å²) in [6.45, 7) is 8.75. The molecular weight excluding hydrogens is 294 g/mol. The third-order valence-corrected chi connectivity index (χ3v) is 4.25. The Morgan fingerprint density at radius 2 is 1.91 bits per heavy atom. The van der Waals surface area contributed by atoms with E-state index in [4.69, 9.17) is 5.11 Å². The van der Waals surface area contributed by atoms with Crippen molar-refractivity contribution in [2.24, 2.45) is 5.92 Å². The van der Waals surface area contributed by atoms with E-state index >= 15 is 0 Å². The van der Waals surface area contributed by atoms with Crippen molar-refractivity contribution in [2.45, 2.75) is 31.7 Å². The number of rotatable bonds is 7. The number of allylic oxidation sites excluding steroid dienone is 2. The minimum Gasteiger partial charge on any atom is -0.478 e. The lowest BCUT2D eigenvalue weighted by Crippen LogP contribution is -2.42. The van der Waals surface area contributed by atoms with Gasteiger partial charge in [0.2, 0.25) is 5.91 Å². The number of carbonyl (C=O) groups excluding carboxylic acids is 1. The molecule has 6 heteroatoms. The lowest BCUT2D eigenvalue weighted by Gasteiger charge is -2.34. The molecule has 1 fully saturated rings. The van der Waals surface area contributed by atoms with Crippen LogP contribution in [0.4, 0.5) is 0 Å². The summed E-state index contributed by atoms with van der Waals surface area (Å²) in [6.07, 6.45) is 9.35. The summed E-state index contributed by atoms with van der Waals surface area (Å²) in [6, 6.07) is 0.143. The summed E-state index contributed by atoms with van der Waals surface area (Å²) >= 11 is 0. The summed E-state index contributed by atoms with van der Waals surface area (Å²) in [5.41, 5.74) is 0.195. The average molecular weight is 317 g/mol. The number of carboxylic acids is 1. The molecule has 0 aromatic carbocycles. The van der Waals surface area contributed by atoms with E-state index in [2.05, 4.69) is 18.3 Å². The Labute approximate surface area is 136 Å². The van der Waals surface area contributed by atoms with Gasteiger partial charge in [-0.05, 0) is 25.7 Å². The van der Waals surface area contributed by atoms with Crippen LogP contribution in [0.2, 0.25) is 0 Å². The van der Waals surface area contributed by atoms with E-state index < -0.39 is 5.97 Å². The number of aromatic nitrogens is 2. The van der Waals surface area contributed by atoms with Crippen LogP contribution >= 0.6 is 0 Å². The molecule has 0 unspecified atom stereocenters. The second kappa shape index (κ2) is 7.76. The van der Waals surface area contributed by atoms with Gasteiger partial charge in [-0.25, -0.2) is 4.79 Å². The Kier molecular flexibility index (Phi) is 5.73. The molecule has 1 saturated heterocycles. The van der Waals surface area contributed by atoms with Crippen molar-refractivity contribution in [1.29, 1.82) is 0 Å². The van der Waals surface area contributed by atoms with E-state index in [1.165, 1.54) is 6.20 Å². The molecule has 0 aliphatic carbocycles. The molecule has 0 bridgehead atoms. The average Bonchev–Trinajstić information content (AvgIpc) is 3.04. The van der Waals surface area contributed by atoms with E-state index in [9.17, 15) is 9.59 Å². The molecule has 1 aliphatic heterocycles. The van der Waals surface area contributed by atoms with Crippen molar-refractivity contribution in [2.75, 3.05) is 13.1 Å². The second-order valence-electron chi connectivity index (χ2n) is 5.82. The molecule has 2 rings (SSSR count). The minimum atomic E-state index is -0.972. The van der Waals surface area contributed by atoms with Crippen molar-refractivity contribution in [3.63, 3.8) is 0 Å². The first-order chi connectivity index (χ1) is 11.1. The van der Waals surface area contributed by atoms with Crippen molar-refractivity contribution in [3.05, 3.63) is 43.3 Å². The molecule has 1 aromatic heterocycles. The Balaban J connectivity index is 1.94. The fourth-order valence-corrected chi connectivity index (χ4v) is 2.96. The highest BCUT2D eigenvalue weighted by molar-refractivity contribution is 5.86. The van der Waals surface area contributed by atoms with Gasteiger partial charge in [0.05, 0.1) is 17.8 Å². The Hall–Kier alpha value is -2.37. The number of carbonyl (C=O) groups is 2. The molecular formula is C17H23N3O3. The monoisotopic (exact) mass is 317 g/mol. The van der Waals surface area contributed by atoms with E-state index in [0.29, 0.717) is 25.9 Å². The highest BCUT2D eigenvalue weighted by Gasteiger charge is 2.28. The van der Waals surface area contributed by atoms with Gasteiger partial charge in [0.1, 0.15) is 0 Å². The molecule has 6 nitrogen and oxygen atoms in total. The number of nitrogens with zero attached hydrogens (tertiary/aromatic N) is 3. The van der Waals surface area contributed by atoms with E-state index in [0.717, 1.165) is 12.8 Å². The second-order valence-corrected chi connectivity index (χ2v) is 5.82. The van der Waals surface area contributed by atoms with Crippen LogP contribution in [0.25, 0.3) is 0 Å². The highest BCUT2D eigenvalue weighted by atomic mass is 16.4. The lowest BCUT2D eigenvalue weighted by atomic mass is 9.97. The predicted molar refractivity (Wildman–Crippen MR) is 87.2 cm³/mol. The summed E-state index contributed by atoms with van der Waals surface area (Å²) in [5, 5.41) is 13.1. The lowest BCUT2D eigenvalue weighted by molar-refractivity contribution is -0.136. The van der Waals surface area contributed by atoms with Crippen LogP contribution in [0.15, 0.2) is 37.7 Å². The zero-order chi connectivity index (χ0) is 16.8. The number of hydrogen-bond acceptors (Lipinski definition) is 3. The molecule has 0 spiro atoms. The number of hydrogen-bond donors (Lipinski definition) is 1. The fraction of sp³-hybridized carbons (Fsp3) is 0.471. The third kappa shape index (κ3) is 4.09. The van der Waals surface area contributed by atoms with Crippen LogP contribution in [-0.2, 0) is 4.79 Å². The zero-order valence-corrected chi connectivity index (χ0v) is 13.2. The SMILES string of the molecule is C=CCC(CC=C)C(=O)N1CCC(n2cc(C(=O)O)cn2)CC1. The number of amides is 1. The minimum absolute atomic E-state index is 0.0788. The van der Waals surface area contributed by atoms with Crippen LogP contribution in [-0.4, -0.2) is 44.8 Å². The standard InChI is InChI=1S/C17H23N3O3/c1-3-5-13(6-4-2)16(21)19-9-7-15(8-10-19)20-12-14(11-18-20)17(22)23/h3-4,11-13,15H,1-2,5-10H2,(H,22,23). The van der Waals surface area contributed by atoms with Gasteiger partial charge in [-0.15, -0.1) is 13.2 Å². The molecule has 1 aromatic rings. The van der Waals surface area contributed by atoms with Crippen LogP contribution in [0, 0.1) is 5.92 Å². The van der Waals surface area contributed by atoms with E-state index in [1.807, 2.05) is 4.90 Å². The largest absolute Gasteiger partial charge is 0.478 e. The number of aromatic carboxylic acids is 1. The van der Waals surface area contributed by atoms with Gasteiger partial charge >= 0.3 is 5.97 Å². The molecule has 124 valence electrons. The zero-order valence-electron chi connectivity index (χ0n) is 13.2. The maximum Gasteiger partial charge on any atom is 0.338 e. The number of likely N-dealkylation sites (tertiary alicyclic amines) is 1. The third-order valence-electron chi connectivity index (χ3n) is 4.25. The van der Waals surface area contributed by atoms with Crippen LogP contribution in [0.1, 0.15) is 42.1 Å². The fourth-order valence-electron chi connectivity index (χ4n) is 2.96. The first-order valence-electron chi connectivity index (χ1n) is 7.84. The first-order valence-corrected chi connectivity index (χ1v) is 7.84. The van der Waals surface area contributed by atoms with Crippen molar-refractivity contribution in [3.8, 4) is 0 Å². The molecule has 2 heterocycles. The highest BCUT2D eigenvalue weighted by Crippen LogP contribution is 2.24. The van der Waals surface area contributed by atoms with E-state index in [-0.39, 0.29) is 23.4 Å². The van der Waals surface area contributed by atoms with Crippen LogP contribution < -0.4 is 0 Å². The maximum absolute atomic E-state index is 12.5. The number of carboxylic acid groups (broad SMARTS) is 1. The molecule has 23 heavy (non-hydrogen) atoms. The van der Waals surface area contributed by atoms with Gasteiger partial charge in [0.25, 0.3) is 0 Å². The summed E-state index contributed by atoms with van der Waals surface area (Å²) < 4.78 is 1.70. The summed E-state index contributed by atoms with van der Waals surface area (Å²) in [7, 11) is 0. The molecule has 0 saturated carbocycles. The van der Waals surface area contributed by atoms with Crippen LogP contribution in [0.5, 0.6) is 0 Å². The van der Waals surface area contributed by atoms with Gasteiger partial charge in [0.15, 0.2) is 0 Å².